The van der Waals surface area contributed by atoms with Crippen molar-refractivity contribution in [3.8, 4) is 0 Å². The third kappa shape index (κ3) is 4.23. The van der Waals surface area contributed by atoms with Crippen molar-refractivity contribution in [1.82, 2.24) is 16.0 Å². The summed E-state index contributed by atoms with van der Waals surface area (Å²) < 4.78 is 0. The minimum absolute atomic E-state index is 0.0966. The van der Waals surface area contributed by atoms with Gasteiger partial charge < -0.3 is 16.0 Å². The molecule has 1 heterocycles. The number of hydrogen-bond donors (Lipinski definition) is 3. The van der Waals surface area contributed by atoms with Gasteiger partial charge in [-0.25, -0.2) is 4.79 Å². The molecule has 2 rings (SSSR count). The minimum Gasteiger partial charge on any atom is -0.354 e. The Kier molecular flexibility index (Phi) is 5.41. The maximum absolute atomic E-state index is 12.0. The summed E-state index contributed by atoms with van der Waals surface area (Å²) in [5, 5.41) is 8.42. The lowest BCUT2D eigenvalue weighted by Gasteiger charge is -2.29. The van der Waals surface area contributed by atoms with Gasteiger partial charge in [-0.1, -0.05) is 43.7 Å². The van der Waals surface area contributed by atoms with Crippen LogP contribution in [0.25, 0.3) is 0 Å². The lowest BCUT2D eigenvalue weighted by Crippen LogP contribution is -2.56. The monoisotopic (exact) mass is 303 g/mol. The number of nitrogens with one attached hydrogen (secondary N) is 3. The van der Waals surface area contributed by atoms with Crippen molar-refractivity contribution < 1.29 is 9.59 Å². The molecule has 1 aromatic carbocycles. The SMILES string of the molecule is Cc1cccc(C(C)CNC(=O)NC2C(=O)NCCC2C)c1. The van der Waals surface area contributed by atoms with Gasteiger partial charge in [-0.3, -0.25) is 4.79 Å². The van der Waals surface area contributed by atoms with E-state index in [4.69, 9.17) is 0 Å². The van der Waals surface area contributed by atoms with Gasteiger partial charge >= 0.3 is 6.03 Å². The average Bonchev–Trinajstić information content (AvgIpc) is 2.48. The smallest absolute Gasteiger partial charge is 0.315 e. The zero-order valence-corrected chi connectivity index (χ0v) is 13.5. The number of carbonyl (C=O) groups is 2. The standard InChI is InChI=1S/C17H25N3O2/c1-11-5-4-6-14(9-11)13(3)10-19-17(22)20-15-12(2)7-8-18-16(15)21/h4-6,9,12-13,15H,7-8,10H2,1-3H3,(H,18,21)(H2,19,20,22). The van der Waals surface area contributed by atoms with E-state index in [0.717, 1.165) is 6.42 Å². The van der Waals surface area contributed by atoms with E-state index in [-0.39, 0.29) is 23.8 Å². The quantitative estimate of drug-likeness (QED) is 0.795. The van der Waals surface area contributed by atoms with Gasteiger partial charge in [0.15, 0.2) is 0 Å². The van der Waals surface area contributed by atoms with Crippen molar-refractivity contribution in [2.75, 3.05) is 13.1 Å². The maximum Gasteiger partial charge on any atom is 0.315 e. The zero-order valence-electron chi connectivity index (χ0n) is 13.5. The van der Waals surface area contributed by atoms with Crippen LogP contribution in [0.2, 0.25) is 0 Å². The summed E-state index contributed by atoms with van der Waals surface area (Å²) in [5.41, 5.74) is 2.41. The number of carbonyl (C=O) groups excluding carboxylic acids is 2. The van der Waals surface area contributed by atoms with E-state index in [1.165, 1.54) is 11.1 Å². The first-order chi connectivity index (χ1) is 10.5. The van der Waals surface area contributed by atoms with E-state index in [0.29, 0.717) is 13.1 Å². The first-order valence-electron chi connectivity index (χ1n) is 7.86. The highest BCUT2D eigenvalue weighted by molar-refractivity contribution is 5.87. The van der Waals surface area contributed by atoms with Crippen LogP contribution in [0.4, 0.5) is 4.79 Å². The first kappa shape index (κ1) is 16.3. The van der Waals surface area contributed by atoms with Crippen molar-refractivity contribution in [1.29, 1.82) is 0 Å². The summed E-state index contributed by atoms with van der Waals surface area (Å²) in [4.78, 5) is 23.8. The number of piperidine rings is 1. The summed E-state index contributed by atoms with van der Waals surface area (Å²) in [7, 11) is 0. The molecule has 0 spiro atoms. The molecule has 0 radical (unpaired) electrons. The van der Waals surface area contributed by atoms with E-state index in [9.17, 15) is 9.59 Å². The third-order valence-corrected chi connectivity index (χ3v) is 4.22. The number of rotatable bonds is 4. The molecule has 120 valence electrons. The van der Waals surface area contributed by atoms with Gasteiger partial charge in [-0.15, -0.1) is 0 Å². The topological polar surface area (TPSA) is 70.2 Å². The summed E-state index contributed by atoms with van der Waals surface area (Å²) in [5.74, 6) is 0.289. The van der Waals surface area contributed by atoms with E-state index in [1.807, 2.05) is 13.0 Å². The van der Waals surface area contributed by atoms with Gasteiger partial charge in [0, 0.05) is 13.1 Å². The molecule has 5 nitrogen and oxygen atoms in total. The Labute approximate surface area is 131 Å². The van der Waals surface area contributed by atoms with Gasteiger partial charge in [0.1, 0.15) is 6.04 Å². The molecule has 1 aromatic rings. The number of benzene rings is 1. The fraction of sp³-hybridized carbons (Fsp3) is 0.529. The van der Waals surface area contributed by atoms with Crippen molar-refractivity contribution in [2.24, 2.45) is 5.92 Å². The van der Waals surface area contributed by atoms with E-state index in [1.54, 1.807) is 0 Å². The van der Waals surface area contributed by atoms with Crippen LogP contribution in [-0.4, -0.2) is 31.1 Å². The molecule has 0 aromatic heterocycles. The summed E-state index contributed by atoms with van der Waals surface area (Å²) >= 11 is 0. The van der Waals surface area contributed by atoms with Gasteiger partial charge in [0.05, 0.1) is 0 Å². The van der Waals surface area contributed by atoms with Gasteiger partial charge in [0.2, 0.25) is 5.91 Å². The molecule has 0 bridgehead atoms. The molecule has 22 heavy (non-hydrogen) atoms. The number of hydrogen-bond acceptors (Lipinski definition) is 2. The fourth-order valence-corrected chi connectivity index (χ4v) is 2.70. The van der Waals surface area contributed by atoms with Crippen molar-refractivity contribution in [2.45, 2.75) is 39.2 Å². The Balaban J connectivity index is 1.83. The molecule has 1 aliphatic rings. The molecule has 5 heteroatoms. The van der Waals surface area contributed by atoms with Gasteiger partial charge in [0.25, 0.3) is 0 Å². The molecule has 3 atom stereocenters. The molecule has 3 amide bonds. The maximum atomic E-state index is 12.0. The van der Waals surface area contributed by atoms with Crippen LogP contribution in [0.1, 0.15) is 37.3 Å². The van der Waals surface area contributed by atoms with Crippen LogP contribution in [-0.2, 0) is 4.79 Å². The fourth-order valence-electron chi connectivity index (χ4n) is 2.70. The van der Waals surface area contributed by atoms with Crippen LogP contribution >= 0.6 is 0 Å². The zero-order chi connectivity index (χ0) is 16.1. The Hall–Kier alpha value is -2.04. The second-order valence-electron chi connectivity index (χ2n) is 6.20. The summed E-state index contributed by atoms with van der Waals surface area (Å²) in [6.07, 6.45) is 0.885. The van der Waals surface area contributed by atoms with E-state index < -0.39 is 6.04 Å². The molecule has 3 unspecified atom stereocenters. The third-order valence-electron chi connectivity index (χ3n) is 4.22. The van der Waals surface area contributed by atoms with Crippen molar-refractivity contribution >= 4 is 11.9 Å². The molecular formula is C17H25N3O2. The van der Waals surface area contributed by atoms with E-state index >= 15 is 0 Å². The number of aryl methyl sites for hydroxylation is 1. The lowest BCUT2D eigenvalue weighted by atomic mass is 9.94. The lowest BCUT2D eigenvalue weighted by molar-refractivity contribution is -0.125. The molecule has 1 fully saturated rings. The minimum atomic E-state index is -0.442. The molecule has 3 N–H and O–H groups in total. The second-order valence-corrected chi connectivity index (χ2v) is 6.20. The number of amides is 3. The summed E-state index contributed by atoms with van der Waals surface area (Å²) in [6, 6.07) is 7.54. The van der Waals surface area contributed by atoms with Crippen LogP contribution in [0.3, 0.4) is 0 Å². The average molecular weight is 303 g/mol. The Bertz CT molecular complexity index is 544. The molecular weight excluding hydrogens is 278 g/mol. The van der Waals surface area contributed by atoms with Crippen molar-refractivity contribution in [3.05, 3.63) is 35.4 Å². The van der Waals surface area contributed by atoms with Crippen LogP contribution < -0.4 is 16.0 Å². The van der Waals surface area contributed by atoms with Gasteiger partial charge in [-0.05, 0) is 30.7 Å². The molecule has 0 saturated carbocycles. The highest BCUT2D eigenvalue weighted by Gasteiger charge is 2.29. The molecule has 1 aliphatic heterocycles. The van der Waals surface area contributed by atoms with Crippen LogP contribution in [0.5, 0.6) is 0 Å². The molecule has 0 aliphatic carbocycles. The number of urea groups is 1. The van der Waals surface area contributed by atoms with Crippen LogP contribution in [0, 0.1) is 12.8 Å². The predicted octanol–water partition coefficient (Wildman–Crippen LogP) is 1.92. The van der Waals surface area contributed by atoms with Gasteiger partial charge in [-0.2, -0.15) is 0 Å². The Morgan fingerprint density at radius 3 is 2.91 bits per heavy atom. The molecule has 1 saturated heterocycles. The van der Waals surface area contributed by atoms with Crippen molar-refractivity contribution in [3.63, 3.8) is 0 Å². The normalized spacial score (nSPS) is 22.6. The Morgan fingerprint density at radius 1 is 1.45 bits per heavy atom. The predicted molar refractivity (Wildman–Crippen MR) is 86.7 cm³/mol. The second kappa shape index (κ2) is 7.29. The summed E-state index contributed by atoms with van der Waals surface area (Å²) in [6.45, 7) is 7.34. The highest BCUT2D eigenvalue weighted by atomic mass is 16.2. The highest BCUT2D eigenvalue weighted by Crippen LogP contribution is 2.15. The Morgan fingerprint density at radius 2 is 2.23 bits per heavy atom. The van der Waals surface area contributed by atoms with Crippen LogP contribution in [0.15, 0.2) is 24.3 Å². The first-order valence-corrected chi connectivity index (χ1v) is 7.86. The van der Waals surface area contributed by atoms with E-state index in [2.05, 4.69) is 48.0 Å². The largest absolute Gasteiger partial charge is 0.354 e.